The van der Waals surface area contributed by atoms with E-state index in [4.69, 9.17) is 8.83 Å². The number of pyridine rings is 1. The lowest BCUT2D eigenvalue weighted by atomic mass is 10.2. The predicted octanol–water partition coefficient (Wildman–Crippen LogP) is 3.46. The zero-order chi connectivity index (χ0) is 17.8. The van der Waals surface area contributed by atoms with Gasteiger partial charge in [0.15, 0.2) is 16.7 Å². The maximum absolute atomic E-state index is 5.62. The molecule has 0 saturated carbocycles. The fraction of sp³-hybridized carbons (Fsp3) is 0.118. The van der Waals surface area contributed by atoms with E-state index in [0.29, 0.717) is 29.8 Å². The third-order valence-corrected chi connectivity index (χ3v) is 4.44. The summed E-state index contributed by atoms with van der Waals surface area (Å²) in [6, 6.07) is 7.33. The summed E-state index contributed by atoms with van der Waals surface area (Å²) in [4.78, 5) is 4.03. The summed E-state index contributed by atoms with van der Waals surface area (Å²) in [6.07, 6.45) is 6.82. The predicted molar refractivity (Wildman–Crippen MR) is 95.0 cm³/mol. The van der Waals surface area contributed by atoms with E-state index in [1.807, 2.05) is 16.7 Å². The van der Waals surface area contributed by atoms with Crippen LogP contribution in [0.4, 0.5) is 0 Å². The first-order chi connectivity index (χ1) is 12.8. The number of thioether (sulfide) groups is 1. The Morgan fingerprint density at radius 2 is 2.00 bits per heavy atom. The SMILES string of the molecule is C=CCn1c(SCc2nnc(-c3ccco3)o2)nnc1-c1ccncc1. The van der Waals surface area contributed by atoms with E-state index in [1.54, 1.807) is 36.9 Å². The molecule has 0 fully saturated rings. The largest absolute Gasteiger partial charge is 0.459 e. The molecule has 9 heteroatoms. The monoisotopic (exact) mass is 366 g/mol. The molecule has 8 nitrogen and oxygen atoms in total. The maximum atomic E-state index is 5.62. The van der Waals surface area contributed by atoms with E-state index >= 15 is 0 Å². The Morgan fingerprint density at radius 3 is 2.77 bits per heavy atom. The first kappa shape index (κ1) is 16.3. The van der Waals surface area contributed by atoms with E-state index in [0.717, 1.165) is 16.5 Å². The van der Waals surface area contributed by atoms with Crippen LogP contribution >= 0.6 is 11.8 Å². The van der Waals surface area contributed by atoms with Crippen molar-refractivity contribution in [3.63, 3.8) is 0 Å². The zero-order valence-electron chi connectivity index (χ0n) is 13.6. The molecule has 0 aliphatic heterocycles. The van der Waals surface area contributed by atoms with Crippen LogP contribution in [0.25, 0.3) is 23.0 Å². The summed E-state index contributed by atoms with van der Waals surface area (Å²) >= 11 is 1.47. The van der Waals surface area contributed by atoms with Crippen LogP contribution in [0, 0.1) is 0 Å². The van der Waals surface area contributed by atoms with E-state index in [2.05, 4.69) is 32.0 Å². The van der Waals surface area contributed by atoms with Crippen molar-refractivity contribution >= 4 is 11.8 Å². The van der Waals surface area contributed by atoms with Crippen molar-refractivity contribution in [3.8, 4) is 23.0 Å². The molecular weight excluding hydrogens is 352 g/mol. The number of furan rings is 1. The van der Waals surface area contributed by atoms with Gasteiger partial charge < -0.3 is 8.83 Å². The molecule has 130 valence electrons. The van der Waals surface area contributed by atoms with Crippen LogP contribution in [0.3, 0.4) is 0 Å². The van der Waals surface area contributed by atoms with Gasteiger partial charge in [0.25, 0.3) is 5.89 Å². The van der Waals surface area contributed by atoms with E-state index in [9.17, 15) is 0 Å². The molecule has 26 heavy (non-hydrogen) atoms. The molecule has 0 bridgehead atoms. The molecule has 0 amide bonds. The molecule has 0 atom stereocenters. The highest BCUT2D eigenvalue weighted by Crippen LogP contribution is 2.27. The fourth-order valence-electron chi connectivity index (χ4n) is 2.34. The molecule has 4 heterocycles. The Labute approximate surface area is 153 Å². The standard InChI is InChI=1S/C17H14N6O2S/c1-2-9-23-15(12-5-7-18-8-6-12)20-22-17(23)26-11-14-19-21-16(25-14)13-4-3-10-24-13/h2-8,10H,1,9,11H2. The highest BCUT2D eigenvalue weighted by molar-refractivity contribution is 7.98. The van der Waals surface area contributed by atoms with Crippen LogP contribution in [-0.4, -0.2) is 29.9 Å². The van der Waals surface area contributed by atoms with Gasteiger partial charge >= 0.3 is 0 Å². The molecule has 0 N–H and O–H groups in total. The summed E-state index contributed by atoms with van der Waals surface area (Å²) in [5.41, 5.74) is 0.944. The van der Waals surface area contributed by atoms with Gasteiger partial charge in [0.05, 0.1) is 12.0 Å². The van der Waals surface area contributed by atoms with Gasteiger partial charge in [-0.3, -0.25) is 9.55 Å². The molecule has 0 aliphatic rings. The molecule has 0 radical (unpaired) electrons. The molecule has 0 spiro atoms. The third-order valence-electron chi connectivity index (χ3n) is 3.49. The van der Waals surface area contributed by atoms with Gasteiger partial charge in [0, 0.05) is 24.5 Å². The minimum atomic E-state index is 0.357. The molecule has 4 aromatic rings. The average molecular weight is 366 g/mol. The van der Waals surface area contributed by atoms with Crippen LogP contribution < -0.4 is 0 Å². The Morgan fingerprint density at radius 1 is 1.12 bits per heavy atom. The summed E-state index contributed by atoms with van der Waals surface area (Å²) in [5.74, 6) is 2.62. The van der Waals surface area contributed by atoms with Gasteiger partial charge in [-0.1, -0.05) is 17.8 Å². The van der Waals surface area contributed by atoms with Gasteiger partial charge in [-0.25, -0.2) is 0 Å². The smallest absolute Gasteiger partial charge is 0.283 e. The van der Waals surface area contributed by atoms with Gasteiger partial charge in [-0.15, -0.1) is 27.0 Å². The van der Waals surface area contributed by atoms with Crippen molar-refractivity contribution in [1.82, 2.24) is 29.9 Å². The van der Waals surface area contributed by atoms with Crippen LogP contribution in [0.15, 0.2) is 69.6 Å². The van der Waals surface area contributed by atoms with Crippen LogP contribution in [-0.2, 0) is 12.3 Å². The number of aromatic nitrogens is 6. The normalized spacial score (nSPS) is 10.9. The van der Waals surface area contributed by atoms with Crippen molar-refractivity contribution in [3.05, 3.63) is 61.5 Å². The molecular formula is C17H14N6O2S. The topological polar surface area (TPSA) is 95.7 Å². The number of allylic oxidation sites excluding steroid dienone is 1. The van der Waals surface area contributed by atoms with Crippen molar-refractivity contribution in [2.45, 2.75) is 17.5 Å². The number of hydrogen-bond donors (Lipinski definition) is 0. The van der Waals surface area contributed by atoms with Crippen LogP contribution in [0.1, 0.15) is 5.89 Å². The Hall–Kier alpha value is -3.20. The first-order valence-electron chi connectivity index (χ1n) is 7.78. The highest BCUT2D eigenvalue weighted by Gasteiger charge is 2.16. The second-order valence-electron chi connectivity index (χ2n) is 5.21. The van der Waals surface area contributed by atoms with Crippen LogP contribution in [0.2, 0.25) is 0 Å². The Balaban J connectivity index is 1.53. The second-order valence-corrected chi connectivity index (χ2v) is 6.15. The van der Waals surface area contributed by atoms with Crippen LogP contribution in [0.5, 0.6) is 0 Å². The fourth-order valence-corrected chi connectivity index (χ4v) is 3.13. The molecule has 0 aliphatic carbocycles. The lowest BCUT2D eigenvalue weighted by molar-refractivity contribution is 0.494. The highest BCUT2D eigenvalue weighted by atomic mass is 32.2. The van der Waals surface area contributed by atoms with Crippen molar-refractivity contribution < 1.29 is 8.83 Å². The summed E-state index contributed by atoms with van der Waals surface area (Å²) in [7, 11) is 0. The van der Waals surface area contributed by atoms with E-state index in [-0.39, 0.29) is 0 Å². The van der Waals surface area contributed by atoms with Gasteiger partial charge in [-0.05, 0) is 24.3 Å². The lowest BCUT2D eigenvalue weighted by Gasteiger charge is -2.06. The summed E-state index contributed by atoms with van der Waals surface area (Å²) < 4.78 is 12.9. The third kappa shape index (κ3) is 3.29. The zero-order valence-corrected chi connectivity index (χ0v) is 14.5. The summed E-state index contributed by atoms with van der Waals surface area (Å²) in [5, 5.41) is 17.4. The van der Waals surface area contributed by atoms with Gasteiger partial charge in [0.2, 0.25) is 5.89 Å². The summed E-state index contributed by atoms with van der Waals surface area (Å²) in [6.45, 7) is 4.40. The molecule has 0 unspecified atom stereocenters. The van der Waals surface area contributed by atoms with E-state index < -0.39 is 0 Å². The van der Waals surface area contributed by atoms with Gasteiger partial charge in [-0.2, -0.15) is 0 Å². The Bertz CT molecular complexity index is 994. The lowest BCUT2D eigenvalue weighted by Crippen LogP contribution is -2.00. The second kappa shape index (κ2) is 7.36. The van der Waals surface area contributed by atoms with Crippen molar-refractivity contribution in [2.24, 2.45) is 0 Å². The number of nitrogens with zero attached hydrogens (tertiary/aromatic N) is 6. The quantitative estimate of drug-likeness (QED) is 0.362. The average Bonchev–Trinajstić information content (AvgIpc) is 3.42. The maximum Gasteiger partial charge on any atom is 0.283 e. The Kier molecular flexibility index (Phi) is 4.61. The minimum Gasteiger partial charge on any atom is -0.459 e. The van der Waals surface area contributed by atoms with Crippen molar-refractivity contribution in [2.75, 3.05) is 0 Å². The minimum absolute atomic E-state index is 0.357. The molecule has 0 aromatic carbocycles. The molecule has 0 saturated heterocycles. The van der Waals surface area contributed by atoms with Crippen molar-refractivity contribution in [1.29, 1.82) is 0 Å². The number of hydrogen-bond acceptors (Lipinski definition) is 8. The van der Waals surface area contributed by atoms with Gasteiger partial charge in [0.1, 0.15) is 0 Å². The number of rotatable bonds is 7. The molecule has 4 aromatic heterocycles. The van der Waals surface area contributed by atoms with E-state index in [1.165, 1.54) is 11.8 Å². The first-order valence-corrected chi connectivity index (χ1v) is 8.77. The molecule has 4 rings (SSSR count).